The molecule has 0 radical (unpaired) electrons. The third-order valence-corrected chi connectivity index (χ3v) is 4.79. The van der Waals surface area contributed by atoms with Crippen LogP contribution in [0.1, 0.15) is 21.7 Å². The molecule has 0 aliphatic carbocycles. The van der Waals surface area contributed by atoms with Crippen molar-refractivity contribution in [2.45, 2.75) is 12.5 Å². The van der Waals surface area contributed by atoms with Crippen LogP contribution in [-0.4, -0.2) is 43.2 Å². The number of nitrogens with zero attached hydrogens (tertiary/aromatic N) is 1. The van der Waals surface area contributed by atoms with Crippen molar-refractivity contribution in [3.8, 4) is 5.75 Å². The van der Waals surface area contributed by atoms with Gasteiger partial charge in [0.1, 0.15) is 18.5 Å². The third-order valence-electron chi connectivity index (χ3n) is 4.79. The number of amides is 1. The molecule has 28 heavy (non-hydrogen) atoms. The van der Waals surface area contributed by atoms with Crippen molar-refractivity contribution >= 4 is 5.91 Å². The Morgan fingerprint density at radius 3 is 2.68 bits per heavy atom. The number of benzene rings is 2. The molecule has 144 valence electrons. The van der Waals surface area contributed by atoms with E-state index in [2.05, 4.69) is 18.2 Å². The van der Waals surface area contributed by atoms with Gasteiger partial charge in [-0.1, -0.05) is 48.5 Å². The van der Waals surface area contributed by atoms with Crippen LogP contribution >= 0.6 is 0 Å². The Labute approximate surface area is 164 Å². The molecule has 5 heteroatoms. The van der Waals surface area contributed by atoms with Crippen LogP contribution in [0.15, 0.2) is 77.4 Å². The molecular weight excluding hydrogens is 354 g/mol. The first-order valence-electron chi connectivity index (χ1n) is 9.48. The van der Waals surface area contributed by atoms with Crippen molar-refractivity contribution in [2.75, 3.05) is 26.3 Å². The number of furan rings is 1. The normalized spacial score (nSPS) is 16.7. The third kappa shape index (κ3) is 4.43. The lowest BCUT2D eigenvalue weighted by Gasteiger charge is -2.32. The predicted octanol–water partition coefficient (Wildman–Crippen LogP) is 3.79. The summed E-state index contributed by atoms with van der Waals surface area (Å²) in [5.74, 6) is 1.10. The molecule has 0 N–H and O–H groups in total. The number of carbonyl (C=O) groups is 1. The molecular formula is C23H23NO4. The van der Waals surface area contributed by atoms with E-state index in [0.717, 1.165) is 17.7 Å². The summed E-state index contributed by atoms with van der Waals surface area (Å²) >= 11 is 0. The number of para-hydroxylation sites is 1. The van der Waals surface area contributed by atoms with Crippen LogP contribution in [0.2, 0.25) is 0 Å². The second-order valence-electron chi connectivity index (χ2n) is 6.80. The van der Waals surface area contributed by atoms with Gasteiger partial charge in [-0.05, 0) is 29.3 Å². The van der Waals surface area contributed by atoms with E-state index < -0.39 is 0 Å². The molecule has 1 unspecified atom stereocenters. The molecule has 1 aliphatic rings. The van der Waals surface area contributed by atoms with E-state index in [9.17, 15) is 4.79 Å². The van der Waals surface area contributed by atoms with E-state index in [-0.39, 0.29) is 12.0 Å². The minimum Gasteiger partial charge on any atom is -0.491 e. The van der Waals surface area contributed by atoms with Gasteiger partial charge in [0.2, 0.25) is 0 Å². The van der Waals surface area contributed by atoms with Crippen LogP contribution < -0.4 is 4.74 Å². The lowest BCUT2D eigenvalue weighted by molar-refractivity contribution is -0.0409. The first kappa shape index (κ1) is 18.3. The molecule has 1 fully saturated rings. The first-order chi connectivity index (χ1) is 13.8. The van der Waals surface area contributed by atoms with Gasteiger partial charge in [-0.25, -0.2) is 0 Å². The number of hydrogen-bond donors (Lipinski definition) is 0. The fraction of sp³-hybridized carbons (Fsp3) is 0.261. The monoisotopic (exact) mass is 377 g/mol. The second kappa shape index (κ2) is 8.76. The highest BCUT2D eigenvalue weighted by Gasteiger charge is 2.27. The fourth-order valence-corrected chi connectivity index (χ4v) is 3.35. The van der Waals surface area contributed by atoms with Crippen LogP contribution in [-0.2, 0) is 11.2 Å². The lowest BCUT2D eigenvalue weighted by Crippen LogP contribution is -2.47. The van der Waals surface area contributed by atoms with Gasteiger partial charge in [-0.2, -0.15) is 0 Å². The fourth-order valence-electron chi connectivity index (χ4n) is 3.35. The average molecular weight is 377 g/mol. The molecule has 4 rings (SSSR count). The van der Waals surface area contributed by atoms with Crippen LogP contribution in [0.3, 0.4) is 0 Å². The smallest absolute Gasteiger partial charge is 0.289 e. The first-order valence-corrected chi connectivity index (χ1v) is 9.48. The highest BCUT2D eigenvalue weighted by molar-refractivity contribution is 5.91. The molecule has 5 nitrogen and oxygen atoms in total. The van der Waals surface area contributed by atoms with Crippen LogP contribution in [0, 0.1) is 0 Å². The minimum absolute atomic E-state index is 0.109. The topological polar surface area (TPSA) is 51.9 Å². The highest BCUT2D eigenvalue weighted by atomic mass is 16.5. The molecule has 2 heterocycles. The maximum atomic E-state index is 12.5. The van der Waals surface area contributed by atoms with Gasteiger partial charge in [0, 0.05) is 13.0 Å². The zero-order chi connectivity index (χ0) is 19.2. The van der Waals surface area contributed by atoms with E-state index in [0.29, 0.717) is 32.1 Å². The molecule has 1 aromatic heterocycles. The Kier molecular flexibility index (Phi) is 5.73. The summed E-state index contributed by atoms with van der Waals surface area (Å²) in [5, 5.41) is 0. The van der Waals surface area contributed by atoms with Crippen molar-refractivity contribution in [3.63, 3.8) is 0 Å². The molecule has 1 aliphatic heterocycles. The summed E-state index contributed by atoms with van der Waals surface area (Å²) in [6.45, 7) is 1.93. The Bertz CT molecular complexity index is 892. The maximum absolute atomic E-state index is 12.5. The summed E-state index contributed by atoms with van der Waals surface area (Å²) in [4.78, 5) is 14.2. The van der Waals surface area contributed by atoms with Crippen molar-refractivity contribution in [2.24, 2.45) is 0 Å². The standard InChI is InChI=1S/C23H23NO4/c25-23(22-11-6-13-27-22)24-12-14-26-20(16-24)17-28-21-10-5-4-9-19(21)15-18-7-2-1-3-8-18/h1-11,13,20H,12,14-17H2. The van der Waals surface area contributed by atoms with Crippen molar-refractivity contribution in [3.05, 3.63) is 89.9 Å². The maximum Gasteiger partial charge on any atom is 0.289 e. The summed E-state index contributed by atoms with van der Waals surface area (Å²) in [6.07, 6.45) is 2.15. The van der Waals surface area contributed by atoms with E-state index in [1.54, 1.807) is 17.0 Å². The molecule has 3 aromatic rings. The molecule has 1 saturated heterocycles. The predicted molar refractivity (Wildman–Crippen MR) is 106 cm³/mol. The summed E-state index contributed by atoms with van der Waals surface area (Å²) < 4.78 is 17.1. The Morgan fingerprint density at radius 2 is 1.86 bits per heavy atom. The molecule has 1 amide bonds. The number of morpholine rings is 1. The van der Waals surface area contributed by atoms with Crippen LogP contribution in [0.25, 0.3) is 0 Å². The Morgan fingerprint density at radius 1 is 1.04 bits per heavy atom. The van der Waals surface area contributed by atoms with Crippen LogP contribution in [0.5, 0.6) is 5.75 Å². The van der Waals surface area contributed by atoms with E-state index in [1.165, 1.54) is 11.8 Å². The van der Waals surface area contributed by atoms with Crippen LogP contribution in [0.4, 0.5) is 0 Å². The average Bonchev–Trinajstić information content (AvgIpc) is 3.28. The number of rotatable bonds is 6. The van der Waals surface area contributed by atoms with E-state index >= 15 is 0 Å². The molecule has 0 saturated carbocycles. The molecule has 0 bridgehead atoms. The highest BCUT2D eigenvalue weighted by Crippen LogP contribution is 2.22. The molecule has 0 spiro atoms. The van der Waals surface area contributed by atoms with Gasteiger partial charge in [0.05, 0.1) is 19.4 Å². The molecule has 1 atom stereocenters. The van der Waals surface area contributed by atoms with Gasteiger partial charge in [-0.15, -0.1) is 0 Å². The van der Waals surface area contributed by atoms with Crippen molar-refractivity contribution < 1.29 is 18.7 Å². The van der Waals surface area contributed by atoms with Crippen molar-refractivity contribution in [1.29, 1.82) is 0 Å². The van der Waals surface area contributed by atoms with Gasteiger partial charge < -0.3 is 18.8 Å². The number of hydrogen-bond acceptors (Lipinski definition) is 4. The van der Waals surface area contributed by atoms with E-state index in [4.69, 9.17) is 13.9 Å². The zero-order valence-electron chi connectivity index (χ0n) is 15.6. The SMILES string of the molecule is O=C(c1ccco1)N1CCOC(COc2ccccc2Cc2ccccc2)C1. The van der Waals surface area contributed by atoms with Gasteiger partial charge in [0.15, 0.2) is 5.76 Å². The lowest BCUT2D eigenvalue weighted by atomic mass is 10.0. The number of carbonyl (C=O) groups excluding carboxylic acids is 1. The summed E-state index contributed by atoms with van der Waals surface area (Å²) in [7, 11) is 0. The minimum atomic E-state index is -0.169. The largest absolute Gasteiger partial charge is 0.491 e. The zero-order valence-corrected chi connectivity index (χ0v) is 15.6. The van der Waals surface area contributed by atoms with Gasteiger partial charge in [0.25, 0.3) is 5.91 Å². The Hall–Kier alpha value is -3.05. The quantitative estimate of drug-likeness (QED) is 0.656. The summed E-state index contributed by atoms with van der Waals surface area (Å²) in [5.41, 5.74) is 2.37. The van der Waals surface area contributed by atoms with Gasteiger partial charge in [-0.3, -0.25) is 4.79 Å². The summed E-state index contributed by atoms with van der Waals surface area (Å²) in [6, 6.07) is 21.8. The second-order valence-corrected chi connectivity index (χ2v) is 6.80. The molecule has 2 aromatic carbocycles. The van der Waals surface area contributed by atoms with E-state index in [1.807, 2.05) is 36.4 Å². The Balaban J connectivity index is 1.37. The van der Waals surface area contributed by atoms with Gasteiger partial charge >= 0.3 is 0 Å². The van der Waals surface area contributed by atoms with Crippen molar-refractivity contribution in [1.82, 2.24) is 4.90 Å². The number of ether oxygens (including phenoxy) is 2.